The highest BCUT2D eigenvalue weighted by Crippen LogP contribution is 2.15. The average molecular weight is 354 g/mol. The Morgan fingerprint density at radius 1 is 1.15 bits per heavy atom. The molecule has 26 heavy (non-hydrogen) atoms. The van der Waals surface area contributed by atoms with Crippen molar-refractivity contribution in [3.63, 3.8) is 0 Å². The number of halogens is 1. The van der Waals surface area contributed by atoms with Gasteiger partial charge in [0.15, 0.2) is 0 Å². The Bertz CT molecular complexity index is 950. The summed E-state index contributed by atoms with van der Waals surface area (Å²) in [4.78, 5) is 30.3. The summed E-state index contributed by atoms with van der Waals surface area (Å²) in [5.41, 5.74) is 2.19. The van der Waals surface area contributed by atoms with E-state index in [0.29, 0.717) is 5.69 Å². The van der Waals surface area contributed by atoms with Crippen molar-refractivity contribution < 1.29 is 14.0 Å². The molecular formula is C19H19FN4O2. The van der Waals surface area contributed by atoms with Gasteiger partial charge >= 0.3 is 0 Å². The number of hydrogen-bond donors (Lipinski definition) is 1. The van der Waals surface area contributed by atoms with E-state index in [0.717, 1.165) is 16.9 Å². The number of aryl methyl sites for hydroxylation is 1. The molecule has 134 valence electrons. The normalized spacial score (nSPS) is 10.7. The van der Waals surface area contributed by atoms with Gasteiger partial charge in [-0.3, -0.25) is 9.59 Å². The fourth-order valence-electron chi connectivity index (χ4n) is 2.69. The van der Waals surface area contributed by atoms with E-state index in [2.05, 4.69) is 10.3 Å². The molecule has 0 aliphatic carbocycles. The zero-order valence-corrected chi connectivity index (χ0v) is 14.6. The van der Waals surface area contributed by atoms with Crippen LogP contribution in [0.1, 0.15) is 5.82 Å². The lowest BCUT2D eigenvalue weighted by Gasteiger charge is -2.18. The summed E-state index contributed by atoms with van der Waals surface area (Å²) in [5.74, 6) is -0.188. The molecule has 1 aromatic heterocycles. The van der Waals surface area contributed by atoms with Crippen LogP contribution >= 0.6 is 0 Å². The minimum atomic E-state index is -0.377. The Hall–Kier alpha value is -3.22. The second kappa shape index (κ2) is 7.35. The second-order valence-electron chi connectivity index (χ2n) is 6.04. The highest BCUT2D eigenvalue weighted by Gasteiger charge is 2.16. The topological polar surface area (TPSA) is 67.2 Å². The molecule has 2 aromatic carbocycles. The van der Waals surface area contributed by atoms with Gasteiger partial charge in [-0.25, -0.2) is 9.37 Å². The SMILES string of the molecule is Cc1nc2ccccc2n1CC(=O)N(C)CC(=O)Nc1ccc(F)cc1. The molecule has 0 saturated heterocycles. The van der Waals surface area contributed by atoms with Crippen LogP contribution in [0.5, 0.6) is 0 Å². The van der Waals surface area contributed by atoms with Gasteiger partial charge in [0, 0.05) is 12.7 Å². The van der Waals surface area contributed by atoms with Crippen LogP contribution in [0.15, 0.2) is 48.5 Å². The van der Waals surface area contributed by atoms with Gasteiger partial charge < -0.3 is 14.8 Å². The van der Waals surface area contributed by atoms with Gasteiger partial charge in [-0.15, -0.1) is 0 Å². The molecule has 7 heteroatoms. The fraction of sp³-hybridized carbons (Fsp3) is 0.211. The molecule has 0 bridgehead atoms. The first-order valence-electron chi connectivity index (χ1n) is 8.15. The van der Waals surface area contributed by atoms with E-state index >= 15 is 0 Å². The van der Waals surface area contributed by atoms with Crippen LogP contribution in [0.4, 0.5) is 10.1 Å². The smallest absolute Gasteiger partial charge is 0.243 e. The minimum absolute atomic E-state index is 0.0954. The highest BCUT2D eigenvalue weighted by atomic mass is 19.1. The van der Waals surface area contributed by atoms with Crippen molar-refractivity contribution >= 4 is 28.5 Å². The van der Waals surface area contributed by atoms with Crippen LogP contribution in [0.25, 0.3) is 11.0 Å². The number of imidazole rings is 1. The molecular weight excluding hydrogens is 335 g/mol. The molecule has 1 N–H and O–H groups in total. The molecule has 3 aromatic rings. The Labute approximate surface area is 150 Å². The number of anilines is 1. The third-order valence-corrected chi connectivity index (χ3v) is 4.07. The van der Waals surface area contributed by atoms with Crippen molar-refractivity contribution in [2.45, 2.75) is 13.5 Å². The predicted molar refractivity (Wildman–Crippen MR) is 97.1 cm³/mol. The maximum atomic E-state index is 12.9. The number of fused-ring (bicyclic) bond motifs is 1. The van der Waals surface area contributed by atoms with E-state index in [1.807, 2.05) is 35.8 Å². The summed E-state index contributed by atoms with van der Waals surface area (Å²) in [5, 5.41) is 2.64. The van der Waals surface area contributed by atoms with E-state index in [-0.39, 0.29) is 30.7 Å². The molecule has 3 rings (SSSR count). The van der Waals surface area contributed by atoms with Gasteiger partial charge in [0.1, 0.15) is 18.2 Å². The number of carbonyl (C=O) groups is 2. The lowest BCUT2D eigenvalue weighted by molar-refractivity contribution is -0.133. The summed E-state index contributed by atoms with van der Waals surface area (Å²) in [6.45, 7) is 1.85. The highest BCUT2D eigenvalue weighted by molar-refractivity contribution is 5.94. The molecule has 0 saturated carbocycles. The summed E-state index contributed by atoms with van der Waals surface area (Å²) >= 11 is 0. The van der Waals surface area contributed by atoms with Crippen LogP contribution < -0.4 is 5.32 Å². The largest absolute Gasteiger partial charge is 0.335 e. The number of para-hydroxylation sites is 2. The van der Waals surface area contributed by atoms with Gasteiger partial charge in [0.25, 0.3) is 0 Å². The lowest BCUT2D eigenvalue weighted by Crippen LogP contribution is -2.37. The van der Waals surface area contributed by atoms with E-state index in [1.54, 1.807) is 7.05 Å². The average Bonchev–Trinajstić information content (AvgIpc) is 2.92. The van der Waals surface area contributed by atoms with Crippen LogP contribution in [0.3, 0.4) is 0 Å². The first-order chi connectivity index (χ1) is 12.4. The quantitative estimate of drug-likeness (QED) is 0.766. The number of nitrogens with one attached hydrogen (secondary N) is 1. The number of benzene rings is 2. The molecule has 6 nitrogen and oxygen atoms in total. The Morgan fingerprint density at radius 2 is 1.85 bits per heavy atom. The van der Waals surface area contributed by atoms with E-state index in [9.17, 15) is 14.0 Å². The number of nitrogens with zero attached hydrogens (tertiary/aromatic N) is 3. The zero-order chi connectivity index (χ0) is 18.7. The number of rotatable bonds is 5. The summed E-state index contributed by atoms with van der Waals surface area (Å²) in [7, 11) is 1.57. The van der Waals surface area contributed by atoms with Crippen LogP contribution in [0, 0.1) is 12.7 Å². The lowest BCUT2D eigenvalue weighted by atomic mass is 10.3. The Kier molecular flexibility index (Phi) is 4.97. The van der Waals surface area contributed by atoms with Crippen molar-refractivity contribution in [3.8, 4) is 0 Å². The van der Waals surface area contributed by atoms with Crippen LogP contribution in [-0.2, 0) is 16.1 Å². The number of aromatic nitrogens is 2. The van der Waals surface area contributed by atoms with Gasteiger partial charge in [-0.1, -0.05) is 12.1 Å². The molecule has 0 aliphatic heterocycles. The molecule has 2 amide bonds. The molecule has 0 fully saturated rings. The number of likely N-dealkylation sites (N-methyl/N-ethyl adjacent to an activating group) is 1. The third kappa shape index (κ3) is 3.88. The number of hydrogen-bond acceptors (Lipinski definition) is 3. The number of amides is 2. The fourth-order valence-corrected chi connectivity index (χ4v) is 2.69. The monoisotopic (exact) mass is 354 g/mol. The summed E-state index contributed by atoms with van der Waals surface area (Å²) < 4.78 is 14.7. The van der Waals surface area contributed by atoms with E-state index in [1.165, 1.54) is 29.2 Å². The molecule has 0 radical (unpaired) electrons. The Balaban J connectivity index is 1.63. The van der Waals surface area contributed by atoms with Gasteiger partial charge in [0.05, 0.1) is 17.6 Å². The predicted octanol–water partition coefficient (Wildman–Crippen LogP) is 2.58. The molecule has 1 heterocycles. The van der Waals surface area contributed by atoms with Gasteiger partial charge in [0.2, 0.25) is 11.8 Å². The van der Waals surface area contributed by atoms with E-state index < -0.39 is 0 Å². The maximum Gasteiger partial charge on any atom is 0.243 e. The van der Waals surface area contributed by atoms with Gasteiger partial charge in [-0.05, 0) is 43.3 Å². The van der Waals surface area contributed by atoms with Crippen molar-refractivity contribution in [2.75, 3.05) is 18.9 Å². The molecule has 0 spiro atoms. The Morgan fingerprint density at radius 3 is 2.58 bits per heavy atom. The van der Waals surface area contributed by atoms with Gasteiger partial charge in [-0.2, -0.15) is 0 Å². The molecule has 0 aliphatic rings. The van der Waals surface area contributed by atoms with Crippen molar-refractivity contribution in [1.82, 2.24) is 14.5 Å². The van der Waals surface area contributed by atoms with Crippen molar-refractivity contribution in [1.29, 1.82) is 0 Å². The standard InChI is InChI=1S/C19H19FN4O2/c1-13-21-16-5-3-4-6-17(16)24(13)12-19(26)23(2)11-18(25)22-15-9-7-14(20)8-10-15/h3-10H,11-12H2,1-2H3,(H,22,25). The first kappa shape index (κ1) is 17.6. The summed E-state index contributed by atoms with van der Waals surface area (Å²) in [6, 6.07) is 13.0. The minimum Gasteiger partial charge on any atom is -0.335 e. The zero-order valence-electron chi connectivity index (χ0n) is 14.6. The summed E-state index contributed by atoms with van der Waals surface area (Å²) in [6.07, 6.45) is 0. The second-order valence-corrected chi connectivity index (χ2v) is 6.04. The van der Waals surface area contributed by atoms with Crippen molar-refractivity contribution in [3.05, 3.63) is 60.2 Å². The molecule has 0 atom stereocenters. The molecule has 0 unspecified atom stereocenters. The van der Waals surface area contributed by atoms with Crippen molar-refractivity contribution in [2.24, 2.45) is 0 Å². The van der Waals surface area contributed by atoms with Crippen LogP contribution in [0.2, 0.25) is 0 Å². The van der Waals surface area contributed by atoms with E-state index in [4.69, 9.17) is 0 Å². The first-order valence-corrected chi connectivity index (χ1v) is 8.15. The number of carbonyl (C=O) groups excluding carboxylic acids is 2. The van der Waals surface area contributed by atoms with Crippen LogP contribution in [-0.4, -0.2) is 39.9 Å². The maximum absolute atomic E-state index is 12.9. The third-order valence-electron chi connectivity index (χ3n) is 4.07.